The second-order valence-electron chi connectivity index (χ2n) is 6.75. The predicted octanol–water partition coefficient (Wildman–Crippen LogP) is 4.56. The third-order valence-electron chi connectivity index (χ3n) is 4.71. The average molecular weight is 450 g/mol. The summed E-state index contributed by atoms with van der Waals surface area (Å²) in [5.41, 5.74) is 7.48. The highest BCUT2D eigenvalue weighted by molar-refractivity contribution is 9.11. The lowest BCUT2D eigenvalue weighted by Crippen LogP contribution is -2.30. The SMILES string of the molecule is NC(=O)c1ccc(N2CCCCC2)c(NC(=O)CCCc2ccc(Br)s2)c1. The van der Waals surface area contributed by atoms with Crippen molar-refractivity contribution in [2.75, 3.05) is 23.3 Å². The Morgan fingerprint density at radius 1 is 1.15 bits per heavy atom. The minimum absolute atomic E-state index is 0.0366. The first-order valence-corrected chi connectivity index (χ1v) is 10.9. The number of benzene rings is 1. The van der Waals surface area contributed by atoms with Gasteiger partial charge in [-0.3, -0.25) is 9.59 Å². The van der Waals surface area contributed by atoms with E-state index in [4.69, 9.17) is 5.73 Å². The van der Waals surface area contributed by atoms with Gasteiger partial charge in [0.2, 0.25) is 11.8 Å². The van der Waals surface area contributed by atoms with E-state index in [1.54, 1.807) is 23.5 Å². The summed E-state index contributed by atoms with van der Waals surface area (Å²) >= 11 is 5.15. The van der Waals surface area contributed by atoms with Crippen LogP contribution in [0.5, 0.6) is 0 Å². The smallest absolute Gasteiger partial charge is 0.248 e. The van der Waals surface area contributed by atoms with Crippen LogP contribution < -0.4 is 16.0 Å². The second kappa shape index (κ2) is 9.37. The number of nitrogens with two attached hydrogens (primary N) is 1. The lowest BCUT2D eigenvalue weighted by atomic mass is 10.1. The molecule has 2 heterocycles. The van der Waals surface area contributed by atoms with Crippen LogP contribution in [0.1, 0.15) is 47.3 Å². The molecule has 1 aliphatic heterocycles. The highest BCUT2D eigenvalue weighted by Crippen LogP contribution is 2.30. The number of halogens is 1. The first-order valence-electron chi connectivity index (χ1n) is 9.26. The summed E-state index contributed by atoms with van der Waals surface area (Å²) in [5, 5.41) is 3.00. The fourth-order valence-corrected chi connectivity index (χ4v) is 4.85. The van der Waals surface area contributed by atoms with Crippen molar-refractivity contribution in [1.82, 2.24) is 0 Å². The van der Waals surface area contributed by atoms with Crippen molar-refractivity contribution in [3.8, 4) is 0 Å². The molecule has 1 aromatic carbocycles. The number of aryl methyl sites for hydroxylation is 1. The molecule has 27 heavy (non-hydrogen) atoms. The number of hydrogen-bond donors (Lipinski definition) is 2. The number of hydrogen-bond acceptors (Lipinski definition) is 4. The van der Waals surface area contributed by atoms with Crippen molar-refractivity contribution < 1.29 is 9.59 Å². The normalized spacial score (nSPS) is 14.2. The van der Waals surface area contributed by atoms with Crippen molar-refractivity contribution in [2.24, 2.45) is 5.73 Å². The number of piperidine rings is 1. The van der Waals surface area contributed by atoms with Crippen LogP contribution in [0.3, 0.4) is 0 Å². The number of nitrogens with one attached hydrogen (secondary N) is 1. The molecule has 0 bridgehead atoms. The molecule has 3 N–H and O–H groups in total. The van der Waals surface area contributed by atoms with E-state index in [9.17, 15) is 9.59 Å². The Kier molecular flexibility index (Phi) is 6.90. The van der Waals surface area contributed by atoms with Gasteiger partial charge in [-0.15, -0.1) is 11.3 Å². The van der Waals surface area contributed by atoms with Crippen LogP contribution in [0.2, 0.25) is 0 Å². The number of anilines is 2. The molecule has 1 aromatic heterocycles. The van der Waals surface area contributed by atoms with Crippen LogP contribution in [0, 0.1) is 0 Å². The van der Waals surface area contributed by atoms with E-state index in [-0.39, 0.29) is 5.91 Å². The molecule has 3 rings (SSSR count). The number of thiophene rings is 1. The van der Waals surface area contributed by atoms with E-state index < -0.39 is 5.91 Å². The summed E-state index contributed by atoms with van der Waals surface area (Å²) in [6, 6.07) is 9.43. The van der Waals surface area contributed by atoms with Crippen molar-refractivity contribution in [2.45, 2.75) is 38.5 Å². The molecule has 0 spiro atoms. The maximum absolute atomic E-state index is 12.5. The number of carbonyl (C=O) groups is 2. The Bertz CT molecular complexity index is 815. The van der Waals surface area contributed by atoms with Gasteiger partial charge in [0, 0.05) is 30.0 Å². The third kappa shape index (κ3) is 5.56. The summed E-state index contributed by atoms with van der Waals surface area (Å²) in [6.07, 6.45) is 5.62. The van der Waals surface area contributed by atoms with Gasteiger partial charge in [0.25, 0.3) is 0 Å². The summed E-state index contributed by atoms with van der Waals surface area (Å²) in [6.45, 7) is 1.93. The minimum Gasteiger partial charge on any atom is -0.370 e. The second-order valence-corrected chi connectivity index (χ2v) is 9.30. The van der Waals surface area contributed by atoms with Crippen LogP contribution in [-0.2, 0) is 11.2 Å². The van der Waals surface area contributed by atoms with E-state index >= 15 is 0 Å². The first-order chi connectivity index (χ1) is 13.0. The van der Waals surface area contributed by atoms with E-state index in [0.717, 1.165) is 48.2 Å². The van der Waals surface area contributed by atoms with Crippen LogP contribution in [0.15, 0.2) is 34.1 Å². The molecule has 0 saturated carbocycles. The number of primary amides is 1. The summed E-state index contributed by atoms with van der Waals surface area (Å²) in [5.74, 6) is -0.524. The van der Waals surface area contributed by atoms with Gasteiger partial charge in [0.1, 0.15) is 0 Å². The monoisotopic (exact) mass is 449 g/mol. The maximum Gasteiger partial charge on any atom is 0.248 e. The lowest BCUT2D eigenvalue weighted by molar-refractivity contribution is -0.116. The van der Waals surface area contributed by atoms with Crippen molar-refractivity contribution in [1.29, 1.82) is 0 Å². The number of carbonyl (C=O) groups excluding carboxylic acids is 2. The van der Waals surface area contributed by atoms with Gasteiger partial charge in [-0.1, -0.05) is 0 Å². The fraction of sp³-hybridized carbons (Fsp3) is 0.400. The molecule has 1 aliphatic rings. The quantitative estimate of drug-likeness (QED) is 0.650. The molecule has 0 aliphatic carbocycles. The number of nitrogens with zero attached hydrogens (tertiary/aromatic N) is 1. The topological polar surface area (TPSA) is 75.4 Å². The van der Waals surface area contributed by atoms with Gasteiger partial charge < -0.3 is 16.0 Å². The predicted molar refractivity (Wildman–Crippen MR) is 115 cm³/mol. The van der Waals surface area contributed by atoms with Gasteiger partial charge in [0.05, 0.1) is 15.2 Å². The maximum atomic E-state index is 12.5. The third-order valence-corrected chi connectivity index (χ3v) is 6.39. The molecular weight excluding hydrogens is 426 g/mol. The molecule has 0 unspecified atom stereocenters. The van der Waals surface area contributed by atoms with Gasteiger partial charge in [0.15, 0.2) is 0 Å². The highest BCUT2D eigenvalue weighted by Gasteiger charge is 2.17. The molecule has 7 heteroatoms. The Morgan fingerprint density at radius 2 is 1.93 bits per heavy atom. The highest BCUT2D eigenvalue weighted by atomic mass is 79.9. The zero-order valence-electron chi connectivity index (χ0n) is 15.2. The fourth-order valence-electron chi connectivity index (χ4n) is 3.32. The standard InChI is InChI=1S/C20H24BrN3O2S/c21-18-10-8-15(27-18)5-4-6-19(25)23-16-13-14(20(22)26)7-9-17(16)24-11-2-1-3-12-24/h7-10,13H,1-6,11-12H2,(H2,22,26)(H,23,25). The number of amides is 2. The molecule has 5 nitrogen and oxygen atoms in total. The van der Waals surface area contributed by atoms with Crippen molar-refractivity contribution in [3.05, 3.63) is 44.6 Å². The molecule has 2 aromatic rings. The molecule has 0 radical (unpaired) electrons. The Labute approximate surface area is 172 Å². The van der Waals surface area contributed by atoms with E-state index in [1.807, 2.05) is 12.1 Å². The Morgan fingerprint density at radius 3 is 2.59 bits per heavy atom. The summed E-state index contributed by atoms with van der Waals surface area (Å²) in [7, 11) is 0. The van der Waals surface area contributed by atoms with Crippen LogP contribution >= 0.6 is 27.3 Å². The first kappa shape index (κ1) is 19.9. The van der Waals surface area contributed by atoms with Gasteiger partial charge >= 0.3 is 0 Å². The minimum atomic E-state index is -0.487. The van der Waals surface area contributed by atoms with Crippen molar-refractivity contribution >= 4 is 50.5 Å². The van der Waals surface area contributed by atoms with E-state index in [0.29, 0.717) is 17.7 Å². The average Bonchev–Trinajstić information content (AvgIpc) is 3.07. The van der Waals surface area contributed by atoms with Crippen LogP contribution in [0.4, 0.5) is 11.4 Å². The largest absolute Gasteiger partial charge is 0.370 e. The van der Waals surface area contributed by atoms with Crippen molar-refractivity contribution in [3.63, 3.8) is 0 Å². The molecule has 1 fully saturated rings. The zero-order chi connectivity index (χ0) is 19.2. The van der Waals surface area contributed by atoms with Gasteiger partial charge in [-0.05, 0) is 78.4 Å². The summed E-state index contributed by atoms with van der Waals surface area (Å²) in [4.78, 5) is 27.6. The lowest BCUT2D eigenvalue weighted by Gasteiger charge is -2.30. The van der Waals surface area contributed by atoms with E-state index in [2.05, 4.69) is 32.2 Å². The van der Waals surface area contributed by atoms with Gasteiger partial charge in [-0.2, -0.15) is 0 Å². The molecule has 1 saturated heterocycles. The Hall–Kier alpha value is -1.86. The molecule has 0 atom stereocenters. The summed E-state index contributed by atoms with van der Waals surface area (Å²) < 4.78 is 1.11. The van der Waals surface area contributed by atoms with Gasteiger partial charge in [-0.25, -0.2) is 0 Å². The molecule has 144 valence electrons. The van der Waals surface area contributed by atoms with Crippen LogP contribution in [0.25, 0.3) is 0 Å². The zero-order valence-corrected chi connectivity index (χ0v) is 17.6. The molecular formula is C20H24BrN3O2S. The molecule has 2 amide bonds. The van der Waals surface area contributed by atoms with Crippen LogP contribution in [-0.4, -0.2) is 24.9 Å². The van der Waals surface area contributed by atoms with E-state index in [1.165, 1.54) is 11.3 Å². The Balaban J connectivity index is 1.66. The number of rotatable bonds is 7.